The van der Waals surface area contributed by atoms with Gasteiger partial charge in [-0.2, -0.15) is 0 Å². The minimum atomic E-state index is -1.68. The molecule has 21 nitrogen and oxygen atoms in total. The van der Waals surface area contributed by atoms with Gasteiger partial charge < -0.3 is 54.1 Å². The zero-order chi connectivity index (χ0) is 50.4. The summed E-state index contributed by atoms with van der Waals surface area (Å²) in [6.07, 6.45) is 20.4. The summed E-state index contributed by atoms with van der Waals surface area (Å²) in [4.78, 5) is 111. The van der Waals surface area contributed by atoms with Crippen LogP contribution in [-0.4, -0.2) is 115 Å². The van der Waals surface area contributed by atoms with Crippen LogP contribution in [0.2, 0.25) is 0 Å². The van der Waals surface area contributed by atoms with Gasteiger partial charge in [0.2, 0.25) is 47.3 Å². The molecule has 1 aliphatic heterocycles. The predicted octanol–water partition coefficient (Wildman–Crippen LogP) is -0.489. The van der Waals surface area contributed by atoms with Gasteiger partial charge in [0.1, 0.15) is 30.2 Å². The number of para-hydroxylation sites is 1. The smallest absolute Gasteiger partial charge is 0.370 e. The number of nitrogens with two attached hydrogens (primary N) is 4. The molecule has 70 heavy (non-hydrogen) atoms. The second kappa shape index (κ2) is 26.9. The number of hydrogen-bond acceptors (Lipinski definition) is 11. The van der Waals surface area contributed by atoms with Crippen molar-refractivity contribution in [2.75, 3.05) is 6.54 Å². The predicted molar refractivity (Wildman–Crippen MR) is 254 cm³/mol. The van der Waals surface area contributed by atoms with Gasteiger partial charge in [0, 0.05) is 48.6 Å². The summed E-state index contributed by atoms with van der Waals surface area (Å²) >= 11 is 0. The van der Waals surface area contributed by atoms with Gasteiger partial charge in [0.05, 0.1) is 30.6 Å². The SMILES string of the molecule is CC[C@H](C)[C@H](N)C(=O)N[C@@H](CC(N)=O)C(=O)N[C@@H](CC(N)=O)C(=O)N[C@H](C(=O)N1C[C@@H](n2cc([C]3[CH][CH][CH][CH]3)nn2)C[C@H]1C(=O)N[C@@H](Cc1c[nH]c2ccccc12)C(N)=O)[C@@H](C)CC.[CH]1[CH][CH][CH][CH]1.[Fe+2]. The third-order valence-electron chi connectivity index (χ3n) is 12.4. The van der Waals surface area contributed by atoms with Gasteiger partial charge in [-0.1, -0.05) is 63.9 Å². The van der Waals surface area contributed by atoms with E-state index < -0.39 is 108 Å². The number of carbonyl (C=O) groups is 8. The number of fused-ring (bicyclic) bond motifs is 1. The van der Waals surface area contributed by atoms with E-state index in [1.807, 2.05) is 89.0 Å². The monoisotopic (exact) mass is 1010 g/mol. The number of benzene rings is 1. The molecule has 1 aromatic carbocycles. The summed E-state index contributed by atoms with van der Waals surface area (Å²) in [5, 5.41) is 19.6. The van der Waals surface area contributed by atoms with Crippen LogP contribution in [0.4, 0.5) is 0 Å². The maximum atomic E-state index is 14.8. The molecule has 3 aliphatic rings. The van der Waals surface area contributed by atoms with Crippen LogP contribution in [0, 0.1) is 75.5 Å². The standard InChI is InChI=1S/C43H58N13O8.C5H5.Fe/c1-5-22(3)36(46)42(63)51-30(17-34(44)57)39(60)50-31(18-35(45)58)40(61)52-37(23(4)6-2)43(64)55-20-26(56-21-32(53-54-56)24-11-7-8-12-24)16-33(55)41(62)49-29(38(47)59)15-25-19-48-28-14-10-9-13-27(25)28;1-2-4-5-3-1;/h7-14,19,21-23,26,29-31,33,36-37,48H,5-6,15-18,20,46H2,1-4H3,(H2,44,57)(H2,45,58)(H2,47,59)(H,49,62)(H,50,60)(H,51,63)(H,52,61);1-5H;/q;;+2/t22-,23-,26-,29-,30-,31-,33-,36-,37-;;/m0../s1. The first-order valence-electron chi connectivity index (χ1n) is 22.9. The second-order valence-corrected chi connectivity index (χ2v) is 17.4. The van der Waals surface area contributed by atoms with Gasteiger partial charge in [0.15, 0.2) is 0 Å². The molecule has 374 valence electrons. The van der Waals surface area contributed by atoms with Crippen molar-refractivity contribution in [3.63, 3.8) is 0 Å². The molecule has 6 rings (SSSR count). The molecule has 3 heterocycles. The molecule has 10 radical (unpaired) electrons. The fourth-order valence-electron chi connectivity index (χ4n) is 7.95. The Hall–Kier alpha value is -5.86. The van der Waals surface area contributed by atoms with Crippen molar-refractivity contribution in [1.82, 2.24) is 46.1 Å². The molecule has 2 saturated carbocycles. The van der Waals surface area contributed by atoms with Crippen molar-refractivity contribution < 1.29 is 55.4 Å². The first-order chi connectivity index (χ1) is 32.9. The Labute approximate surface area is 419 Å². The number of aromatic nitrogens is 4. The summed E-state index contributed by atoms with van der Waals surface area (Å²) < 4.78 is 1.56. The van der Waals surface area contributed by atoms with Crippen molar-refractivity contribution in [3.8, 4) is 0 Å². The van der Waals surface area contributed by atoms with Crippen molar-refractivity contribution in [1.29, 1.82) is 0 Å². The van der Waals surface area contributed by atoms with Crippen LogP contribution in [0.15, 0.2) is 36.7 Å². The first-order valence-corrected chi connectivity index (χ1v) is 22.9. The van der Waals surface area contributed by atoms with Crippen molar-refractivity contribution in [2.24, 2.45) is 34.8 Å². The Bertz CT molecular complexity index is 2270. The summed E-state index contributed by atoms with van der Waals surface area (Å²) in [7, 11) is 0. The molecule has 13 N–H and O–H groups in total. The fourth-order valence-corrected chi connectivity index (χ4v) is 7.95. The summed E-state index contributed by atoms with van der Waals surface area (Å²) in [6.45, 7) is 6.95. The topological polar surface area (TPSA) is 338 Å². The van der Waals surface area contributed by atoms with Gasteiger partial charge >= 0.3 is 17.1 Å². The molecule has 3 aromatic rings. The van der Waals surface area contributed by atoms with Crippen LogP contribution < -0.4 is 44.2 Å². The molecule has 0 unspecified atom stereocenters. The molecule has 1 saturated heterocycles. The average Bonchev–Trinajstić information content (AvgIpc) is 4.19. The van der Waals surface area contributed by atoms with E-state index in [0.717, 1.165) is 22.4 Å². The second-order valence-electron chi connectivity index (χ2n) is 17.4. The number of H-pyrrole nitrogens is 1. The number of nitrogens with zero attached hydrogens (tertiary/aromatic N) is 4. The maximum absolute atomic E-state index is 14.8. The molecule has 2 aromatic heterocycles. The Kier molecular flexibility index (Phi) is 21.8. The van der Waals surface area contributed by atoms with Crippen molar-refractivity contribution in [3.05, 3.63) is 112 Å². The minimum Gasteiger partial charge on any atom is -0.370 e. The Morgan fingerprint density at radius 2 is 1.33 bits per heavy atom. The largest absolute Gasteiger partial charge is 2.00 e. The number of rotatable bonds is 22. The van der Waals surface area contributed by atoms with E-state index in [4.69, 9.17) is 22.9 Å². The van der Waals surface area contributed by atoms with Crippen LogP contribution in [0.5, 0.6) is 0 Å². The number of carbonyl (C=O) groups excluding carboxylic acids is 8. The Morgan fingerprint density at radius 1 is 0.757 bits per heavy atom. The zero-order valence-electron chi connectivity index (χ0n) is 39.5. The Balaban J connectivity index is 0.00000167. The van der Waals surface area contributed by atoms with Crippen LogP contribution in [0.25, 0.3) is 10.9 Å². The van der Waals surface area contributed by atoms with Crippen LogP contribution in [0.3, 0.4) is 0 Å². The van der Waals surface area contributed by atoms with E-state index in [1.54, 1.807) is 37.8 Å². The molecule has 3 fully saturated rings. The quantitative estimate of drug-likeness (QED) is 0.0579. The molecule has 0 bridgehead atoms. The van der Waals surface area contributed by atoms with E-state index in [2.05, 4.69) is 36.6 Å². The molecule has 2 aliphatic carbocycles. The van der Waals surface area contributed by atoms with Crippen LogP contribution >= 0.6 is 0 Å². The third kappa shape index (κ3) is 15.3. The van der Waals surface area contributed by atoms with Gasteiger partial charge in [-0.3, -0.25) is 38.4 Å². The zero-order valence-corrected chi connectivity index (χ0v) is 40.6. The number of hydrogen-bond donors (Lipinski definition) is 9. The number of amides is 8. The van der Waals surface area contributed by atoms with Crippen LogP contribution in [-0.2, 0) is 61.8 Å². The van der Waals surface area contributed by atoms with Crippen molar-refractivity contribution in [2.45, 2.75) is 109 Å². The third-order valence-corrected chi connectivity index (χ3v) is 12.4. The number of aromatic amines is 1. The number of primary amides is 3. The summed E-state index contributed by atoms with van der Waals surface area (Å²) in [5.41, 5.74) is 24.9. The van der Waals surface area contributed by atoms with E-state index in [9.17, 15) is 38.4 Å². The van der Waals surface area contributed by atoms with Crippen molar-refractivity contribution >= 4 is 58.2 Å². The van der Waals surface area contributed by atoms with Gasteiger partial charge in [-0.15, -0.1) is 5.10 Å². The maximum Gasteiger partial charge on any atom is 2.00 e. The molecule has 9 atom stereocenters. The average molecular weight is 1010 g/mol. The molecule has 0 spiro atoms. The number of nitrogens with one attached hydrogen (secondary N) is 5. The van der Waals surface area contributed by atoms with Gasteiger partial charge in [-0.05, 0) is 81.3 Å². The van der Waals surface area contributed by atoms with Crippen LogP contribution in [0.1, 0.15) is 77.1 Å². The summed E-state index contributed by atoms with van der Waals surface area (Å²) in [6, 6.07) is -1.14. The molecular formula is C48H63FeN13O8+2. The molecule has 22 heteroatoms. The minimum absolute atomic E-state index is 0. The van der Waals surface area contributed by atoms with Gasteiger partial charge in [0.25, 0.3) is 0 Å². The van der Waals surface area contributed by atoms with E-state index in [0.29, 0.717) is 18.5 Å². The number of likely N-dealkylation sites (tertiary alicyclic amines) is 1. The molecule has 8 amide bonds. The van der Waals surface area contributed by atoms with E-state index in [1.165, 1.54) is 4.90 Å². The Morgan fingerprint density at radius 3 is 1.90 bits per heavy atom. The normalized spacial score (nSPS) is 19.8. The van der Waals surface area contributed by atoms with Gasteiger partial charge in [-0.25, -0.2) is 4.68 Å². The fraction of sp³-hybridized carbons (Fsp3) is 0.417. The summed E-state index contributed by atoms with van der Waals surface area (Å²) in [5.74, 6) is -6.95. The van der Waals surface area contributed by atoms with E-state index >= 15 is 0 Å². The van der Waals surface area contributed by atoms with E-state index in [-0.39, 0.29) is 42.4 Å². The molecular weight excluding hydrogens is 942 g/mol. The first kappa shape index (κ1) is 56.7.